The summed E-state index contributed by atoms with van der Waals surface area (Å²) in [5, 5.41) is 11.1. The number of nitro benzene ring substituents is 1. The lowest BCUT2D eigenvalue weighted by Crippen LogP contribution is -2.20. The molecule has 1 fully saturated rings. The van der Waals surface area contributed by atoms with Gasteiger partial charge in [-0.15, -0.1) is 11.6 Å². The number of hydrogen-bond donors (Lipinski definition) is 0. The molecule has 92 valence electrons. The Balaban J connectivity index is 2.35. The van der Waals surface area contributed by atoms with Gasteiger partial charge in [-0.3, -0.25) is 10.1 Å². The molecule has 1 aliphatic heterocycles. The molecule has 2 rings (SSSR count). The zero-order chi connectivity index (χ0) is 12.4. The molecule has 0 saturated carbocycles. The number of rotatable bonds is 3. The van der Waals surface area contributed by atoms with Crippen molar-refractivity contribution in [3.05, 3.63) is 33.9 Å². The van der Waals surface area contributed by atoms with Gasteiger partial charge >= 0.3 is 0 Å². The minimum Gasteiger partial charge on any atom is -0.366 e. The van der Waals surface area contributed by atoms with E-state index in [1.165, 1.54) is 0 Å². The third-order valence-corrected chi connectivity index (χ3v) is 3.46. The molecule has 1 saturated heterocycles. The van der Waals surface area contributed by atoms with Crippen molar-refractivity contribution < 1.29 is 4.92 Å². The Morgan fingerprint density at radius 1 is 1.59 bits per heavy atom. The maximum absolute atomic E-state index is 11.1. The molecule has 1 aromatic rings. The van der Waals surface area contributed by atoms with Crippen LogP contribution in [0.25, 0.3) is 0 Å². The number of nitro groups is 1. The van der Waals surface area contributed by atoms with Gasteiger partial charge in [0.05, 0.1) is 4.92 Å². The molecule has 4 nitrogen and oxygen atoms in total. The molecule has 0 amide bonds. The van der Waals surface area contributed by atoms with Crippen LogP contribution in [0.3, 0.4) is 0 Å². The summed E-state index contributed by atoms with van der Waals surface area (Å²) in [5.74, 6) is 0.902. The normalized spacial score (nSPS) is 19.6. The Kier molecular flexibility index (Phi) is 3.52. The van der Waals surface area contributed by atoms with Gasteiger partial charge in [0.15, 0.2) is 0 Å². The zero-order valence-corrected chi connectivity index (χ0v) is 10.5. The first-order chi connectivity index (χ1) is 8.11. The molecule has 5 heteroatoms. The summed E-state index contributed by atoms with van der Waals surface area (Å²) in [7, 11) is 0. The predicted octanol–water partition coefficient (Wildman–Crippen LogP) is 3.18. The monoisotopic (exact) mass is 254 g/mol. The van der Waals surface area contributed by atoms with Crippen molar-refractivity contribution in [2.24, 2.45) is 5.92 Å². The first-order valence-corrected chi connectivity index (χ1v) is 6.23. The Hall–Kier alpha value is -1.29. The lowest BCUT2D eigenvalue weighted by atomic mass is 10.1. The van der Waals surface area contributed by atoms with E-state index in [1.54, 1.807) is 6.07 Å². The van der Waals surface area contributed by atoms with Gasteiger partial charge in [-0.25, -0.2) is 0 Å². The van der Waals surface area contributed by atoms with Crippen LogP contribution in [0, 0.1) is 16.0 Å². The summed E-state index contributed by atoms with van der Waals surface area (Å²) in [6.45, 7) is 3.95. The highest BCUT2D eigenvalue weighted by Crippen LogP contribution is 2.33. The van der Waals surface area contributed by atoms with E-state index in [-0.39, 0.29) is 10.6 Å². The van der Waals surface area contributed by atoms with Crippen LogP contribution < -0.4 is 4.90 Å². The number of alkyl halides is 1. The topological polar surface area (TPSA) is 46.4 Å². The molecule has 0 N–H and O–H groups in total. The molecular weight excluding hydrogens is 240 g/mol. The molecule has 0 aliphatic carbocycles. The average molecular weight is 255 g/mol. The van der Waals surface area contributed by atoms with Crippen molar-refractivity contribution in [2.45, 2.75) is 19.2 Å². The minimum absolute atomic E-state index is 0.164. The van der Waals surface area contributed by atoms with Crippen LogP contribution in [0.1, 0.15) is 18.9 Å². The molecule has 1 aliphatic rings. The molecule has 0 aromatic heterocycles. The highest BCUT2D eigenvalue weighted by Gasteiger charge is 2.25. The fourth-order valence-electron chi connectivity index (χ4n) is 2.22. The molecule has 1 unspecified atom stereocenters. The van der Waals surface area contributed by atoms with Gasteiger partial charge in [0.25, 0.3) is 5.69 Å². The van der Waals surface area contributed by atoms with Gasteiger partial charge in [0.2, 0.25) is 0 Å². The van der Waals surface area contributed by atoms with Crippen molar-refractivity contribution in [1.29, 1.82) is 0 Å². The van der Waals surface area contributed by atoms with Crippen molar-refractivity contribution >= 4 is 23.0 Å². The maximum Gasteiger partial charge on any atom is 0.292 e. The van der Waals surface area contributed by atoms with Crippen LogP contribution in [0.4, 0.5) is 11.4 Å². The van der Waals surface area contributed by atoms with Crippen molar-refractivity contribution in [3.8, 4) is 0 Å². The van der Waals surface area contributed by atoms with Crippen molar-refractivity contribution in [3.63, 3.8) is 0 Å². The number of nitrogens with zero attached hydrogens (tertiary/aromatic N) is 2. The van der Waals surface area contributed by atoms with E-state index < -0.39 is 0 Å². The van der Waals surface area contributed by atoms with Crippen molar-refractivity contribution in [1.82, 2.24) is 0 Å². The van der Waals surface area contributed by atoms with Crippen LogP contribution in [0.5, 0.6) is 0 Å². The van der Waals surface area contributed by atoms with Crippen LogP contribution in [-0.2, 0) is 5.88 Å². The fourth-order valence-corrected chi connectivity index (χ4v) is 2.39. The van der Waals surface area contributed by atoms with Gasteiger partial charge in [0, 0.05) is 25.0 Å². The van der Waals surface area contributed by atoms with Crippen LogP contribution in [-0.4, -0.2) is 18.0 Å². The Morgan fingerprint density at radius 3 is 2.88 bits per heavy atom. The Morgan fingerprint density at radius 2 is 2.35 bits per heavy atom. The Labute approximate surface area is 105 Å². The van der Waals surface area contributed by atoms with E-state index in [0.29, 0.717) is 17.5 Å². The summed E-state index contributed by atoms with van der Waals surface area (Å²) in [4.78, 5) is 12.8. The highest BCUT2D eigenvalue weighted by atomic mass is 35.5. The van der Waals surface area contributed by atoms with E-state index in [4.69, 9.17) is 11.6 Å². The van der Waals surface area contributed by atoms with Crippen molar-refractivity contribution in [2.75, 3.05) is 18.0 Å². The fraction of sp³-hybridized carbons (Fsp3) is 0.500. The average Bonchev–Trinajstić information content (AvgIpc) is 2.75. The summed E-state index contributed by atoms with van der Waals surface area (Å²) in [6.07, 6.45) is 1.09. The standard InChI is InChI=1S/C12H15ClN2O2/c1-9-4-5-14(8-9)11-3-2-10(7-13)6-12(11)15(16)17/h2-3,6,9H,4-5,7-8H2,1H3. The van der Waals surface area contributed by atoms with Crippen LogP contribution in [0.2, 0.25) is 0 Å². The minimum atomic E-state index is -0.325. The first kappa shape index (κ1) is 12.2. The smallest absolute Gasteiger partial charge is 0.292 e. The molecular formula is C12H15ClN2O2. The number of anilines is 1. The molecule has 1 atom stereocenters. The van der Waals surface area contributed by atoms with E-state index in [1.807, 2.05) is 12.1 Å². The summed E-state index contributed by atoms with van der Waals surface area (Å²) >= 11 is 5.70. The second-order valence-corrected chi connectivity index (χ2v) is 4.82. The molecule has 1 aromatic carbocycles. The quantitative estimate of drug-likeness (QED) is 0.473. The number of hydrogen-bond acceptors (Lipinski definition) is 3. The second kappa shape index (κ2) is 4.92. The van der Waals surface area contributed by atoms with Gasteiger partial charge in [-0.1, -0.05) is 13.0 Å². The Bertz CT molecular complexity index is 437. The number of halogens is 1. The van der Waals surface area contributed by atoms with Gasteiger partial charge < -0.3 is 4.90 Å². The highest BCUT2D eigenvalue weighted by molar-refractivity contribution is 6.17. The van der Waals surface area contributed by atoms with Gasteiger partial charge in [0.1, 0.15) is 5.69 Å². The maximum atomic E-state index is 11.1. The molecule has 0 bridgehead atoms. The zero-order valence-electron chi connectivity index (χ0n) is 9.73. The lowest BCUT2D eigenvalue weighted by molar-refractivity contribution is -0.384. The summed E-state index contributed by atoms with van der Waals surface area (Å²) in [6, 6.07) is 5.25. The van der Waals surface area contributed by atoms with E-state index >= 15 is 0 Å². The molecule has 0 spiro atoms. The molecule has 17 heavy (non-hydrogen) atoms. The predicted molar refractivity (Wildman–Crippen MR) is 68.6 cm³/mol. The summed E-state index contributed by atoms with van der Waals surface area (Å²) in [5.41, 5.74) is 1.67. The second-order valence-electron chi connectivity index (χ2n) is 4.55. The number of benzene rings is 1. The van der Waals surface area contributed by atoms with Gasteiger partial charge in [-0.05, 0) is 24.0 Å². The van der Waals surface area contributed by atoms with E-state index in [2.05, 4.69) is 11.8 Å². The summed E-state index contributed by atoms with van der Waals surface area (Å²) < 4.78 is 0. The lowest BCUT2D eigenvalue weighted by Gasteiger charge is -2.18. The van der Waals surface area contributed by atoms with E-state index in [0.717, 1.165) is 25.1 Å². The third-order valence-electron chi connectivity index (χ3n) is 3.16. The first-order valence-electron chi connectivity index (χ1n) is 5.70. The van der Waals surface area contributed by atoms with Crippen LogP contribution in [0.15, 0.2) is 18.2 Å². The third kappa shape index (κ3) is 2.52. The van der Waals surface area contributed by atoms with Gasteiger partial charge in [-0.2, -0.15) is 0 Å². The SMILES string of the molecule is CC1CCN(c2ccc(CCl)cc2[N+](=O)[O-])C1. The molecule has 1 heterocycles. The van der Waals surface area contributed by atoms with Crippen LogP contribution >= 0.6 is 11.6 Å². The van der Waals surface area contributed by atoms with E-state index in [9.17, 15) is 10.1 Å². The largest absolute Gasteiger partial charge is 0.366 e. The molecule has 0 radical (unpaired) electrons.